The fourth-order valence-electron chi connectivity index (χ4n) is 3.42. The van der Waals surface area contributed by atoms with E-state index < -0.39 is 0 Å². The Bertz CT molecular complexity index is 906. The van der Waals surface area contributed by atoms with Crippen molar-refractivity contribution < 1.29 is 9.21 Å². The Balaban J connectivity index is 1.26. The first-order chi connectivity index (χ1) is 14.3. The van der Waals surface area contributed by atoms with Gasteiger partial charge in [0.2, 0.25) is 5.95 Å². The van der Waals surface area contributed by atoms with Crippen LogP contribution in [0.15, 0.2) is 65.4 Å². The van der Waals surface area contributed by atoms with Crippen LogP contribution in [0, 0.1) is 0 Å². The zero-order valence-corrected chi connectivity index (χ0v) is 16.3. The third kappa shape index (κ3) is 4.93. The summed E-state index contributed by atoms with van der Waals surface area (Å²) in [6.45, 7) is 3.50. The lowest BCUT2D eigenvalue weighted by Crippen LogP contribution is -2.49. The number of piperazine rings is 1. The van der Waals surface area contributed by atoms with Crippen molar-refractivity contribution in [2.45, 2.75) is 12.8 Å². The zero-order chi connectivity index (χ0) is 19.9. The number of nitrogens with zero attached hydrogens (tertiary/aromatic N) is 4. The van der Waals surface area contributed by atoms with Gasteiger partial charge in [-0.15, -0.1) is 0 Å². The molecule has 150 valence electrons. The van der Waals surface area contributed by atoms with Crippen molar-refractivity contribution in [2.75, 3.05) is 42.9 Å². The second kappa shape index (κ2) is 9.23. The van der Waals surface area contributed by atoms with Crippen LogP contribution in [-0.2, 0) is 6.42 Å². The summed E-state index contributed by atoms with van der Waals surface area (Å²) in [5.41, 5.74) is 1.35. The Morgan fingerprint density at radius 3 is 2.62 bits per heavy atom. The van der Waals surface area contributed by atoms with Crippen molar-refractivity contribution in [3.05, 3.63) is 72.3 Å². The molecular weight excluding hydrogens is 366 g/mol. The van der Waals surface area contributed by atoms with E-state index in [1.54, 1.807) is 23.2 Å². The van der Waals surface area contributed by atoms with Gasteiger partial charge in [-0.1, -0.05) is 30.3 Å². The molecule has 7 nitrogen and oxygen atoms in total. The zero-order valence-electron chi connectivity index (χ0n) is 16.3. The first-order valence-electron chi connectivity index (χ1n) is 9.98. The van der Waals surface area contributed by atoms with Crippen LogP contribution >= 0.6 is 0 Å². The molecule has 1 aliphatic rings. The summed E-state index contributed by atoms with van der Waals surface area (Å²) in [6, 6.07) is 15.8. The van der Waals surface area contributed by atoms with Crippen molar-refractivity contribution in [3.8, 4) is 0 Å². The highest BCUT2D eigenvalue weighted by Gasteiger charge is 2.24. The number of anilines is 2. The molecule has 29 heavy (non-hydrogen) atoms. The highest BCUT2D eigenvalue weighted by atomic mass is 16.3. The van der Waals surface area contributed by atoms with Crippen LogP contribution < -0.4 is 10.2 Å². The van der Waals surface area contributed by atoms with Crippen LogP contribution in [0.4, 0.5) is 11.8 Å². The Kier molecular flexibility index (Phi) is 6.04. The molecule has 0 atom stereocenters. The van der Waals surface area contributed by atoms with Gasteiger partial charge in [0.05, 0.1) is 6.26 Å². The van der Waals surface area contributed by atoms with Gasteiger partial charge in [0.1, 0.15) is 5.82 Å². The molecule has 3 heterocycles. The standard InChI is InChI=1S/C22H25N5O2/c28-21(19-9-5-17-29-19)26-13-15-27(16-14-26)22-24-12-10-20(25-22)23-11-4-8-18-6-2-1-3-7-18/h1-3,5-7,9-10,12,17H,4,8,11,13-16H2,(H,23,24,25). The minimum Gasteiger partial charge on any atom is -0.459 e. The van der Waals surface area contributed by atoms with Crippen molar-refractivity contribution in [1.82, 2.24) is 14.9 Å². The summed E-state index contributed by atoms with van der Waals surface area (Å²) in [5, 5.41) is 3.39. The van der Waals surface area contributed by atoms with Gasteiger partial charge in [-0.05, 0) is 36.6 Å². The first kappa shape index (κ1) is 19.0. The topological polar surface area (TPSA) is 74.5 Å². The van der Waals surface area contributed by atoms with Crippen LogP contribution in [0.3, 0.4) is 0 Å². The van der Waals surface area contributed by atoms with Gasteiger partial charge in [0.15, 0.2) is 5.76 Å². The maximum Gasteiger partial charge on any atom is 0.289 e. The quantitative estimate of drug-likeness (QED) is 0.624. The SMILES string of the molecule is O=C(c1ccco1)N1CCN(c2nccc(NCCCc3ccccc3)n2)CC1. The number of rotatable bonds is 7. The molecule has 7 heteroatoms. The molecule has 1 amide bonds. The molecule has 1 N–H and O–H groups in total. The van der Waals surface area contributed by atoms with E-state index in [4.69, 9.17) is 4.42 Å². The molecule has 0 spiro atoms. The van der Waals surface area contributed by atoms with Gasteiger partial charge < -0.3 is 19.5 Å². The summed E-state index contributed by atoms with van der Waals surface area (Å²) < 4.78 is 5.21. The van der Waals surface area contributed by atoms with Crippen LogP contribution in [0.2, 0.25) is 0 Å². The number of carbonyl (C=O) groups is 1. The molecule has 0 unspecified atom stereocenters. The average Bonchev–Trinajstić information content (AvgIpc) is 3.32. The molecule has 1 aromatic carbocycles. The average molecular weight is 391 g/mol. The smallest absolute Gasteiger partial charge is 0.289 e. The summed E-state index contributed by atoms with van der Waals surface area (Å²) in [4.78, 5) is 25.4. The monoisotopic (exact) mass is 391 g/mol. The van der Waals surface area contributed by atoms with E-state index in [2.05, 4.69) is 44.5 Å². The molecule has 2 aromatic heterocycles. The molecular formula is C22H25N5O2. The number of aryl methyl sites for hydroxylation is 1. The third-order valence-electron chi connectivity index (χ3n) is 5.02. The largest absolute Gasteiger partial charge is 0.459 e. The van der Waals surface area contributed by atoms with Crippen molar-refractivity contribution in [2.24, 2.45) is 0 Å². The number of amides is 1. The lowest BCUT2D eigenvalue weighted by atomic mass is 10.1. The molecule has 3 aromatic rings. The number of furan rings is 1. The highest BCUT2D eigenvalue weighted by molar-refractivity contribution is 5.91. The van der Waals surface area contributed by atoms with E-state index in [1.807, 2.05) is 12.1 Å². The van der Waals surface area contributed by atoms with E-state index in [0.717, 1.165) is 25.2 Å². The predicted octanol–water partition coefficient (Wildman–Crippen LogP) is 3.08. The van der Waals surface area contributed by atoms with Gasteiger partial charge in [0.25, 0.3) is 5.91 Å². The van der Waals surface area contributed by atoms with E-state index in [-0.39, 0.29) is 5.91 Å². The van der Waals surface area contributed by atoms with Crippen LogP contribution in [-0.4, -0.2) is 53.5 Å². The minimum atomic E-state index is -0.0654. The second-order valence-electron chi connectivity index (χ2n) is 7.01. The van der Waals surface area contributed by atoms with Crippen molar-refractivity contribution in [3.63, 3.8) is 0 Å². The minimum absolute atomic E-state index is 0.0654. The second-order valence-corrected chi connectivity index (χ2v) is 7.01. The van der Waals surface area contributed by atoms with E-state index in [1.165, 1.54) is 11.8 Å². The van der Waals surface area contributed by atoms with Gasteiger partial charge in [0, 0.05) is 38.9 Å². The number of benzene rings is 1. The Labute approximate surface area is 170 Å². The van der Waals surface area contributed by atoms with Crippen LogP contribution in [0.1, 0.15) is 22.5 Å². The van der Waals surface area contributed by atoms with E-state index in [0.29, 0.717) is 37.9 Å². The molecule has 0 saturated carbocycles. The highest BCUT2D eigenvalue weighted by Crippen LogP contribution is 2.15. The normalized spacial score (nSPS) is 14.1. The molecule has 1 aliphatic heterocycles. The summed E-state index contributed by atoms with van der Waals surface area (Å²) in [7, 11) is 0. The third-order valence-corrected chi connectivity index (χ3v) is 5.02. The number of nitrogens with one attached hydrogen (secondary N) is 1. The number of aromatic nitrogens is 2. The van der Waals surface area contributed by atoms with Crippen molar-refractivity contribution in [1.29, 1.82) is 0 Å². The lowest BCUT2D eigenvalue weighted by molar-refractivity contribution is 0.0714. The lowest BCUT2D eigenvalue weighted by Gasteiger charge is -2.34. The Morgan fingerprint density at radius 1 is 1.03 bits per heavy atom. The van der Waals surface area contributed by atoms with Gasteiger partial charge in [-0.2, -0.15) is 4.98 Å². The maximum atomic E-state index is 12.4. The Hall–Kier alpha value is -3.35. The molecule has 1 fully saturated rings. The number of hydrogen-bond acceptors (Lipinski definition) is 6. The molecule has 4 rings (SSSR count). The fraction of sp³-hybridized carbons (Fsp3) is 0.318. The molecule has 1 saturated heterocycles. The van der Waals surface area contributed by atoms with Gasteiger partial charge in [-0.25, -0.2) is 4.98 Å². The van der Waals surface area contributed by atoms with Gasteiger partial charge in [-0.3, -0.25) is 4.79 Å². The summed E-state index contributed by atoms with van der Waals surface area (Å²) >= 11 is 0. The van der Waals surface area contributed by atoms with Crippen LogP contribution in [0.25, 0.3) is 0 Å². The fourth-order valence-corrected chi connectivity index (χ4v) is 3.42. The number of hydrogen-bond donors (Lipinski definition) is 1. The van der Waals surface area contributed by atoms with E-state index >= 15 is 0 Å². The molecule has 0 bridgehead atoms. The van der Waals surface area contributed by atoms with E-state index in [9.17, 15) is 4.79 Å². The first-order valence-corrected chi connectivity index (χ1v) is 9.98. The maximum absolute atomic E-state index is 12.4. The summed E-state index contributed by atoms with van der Waals surface area (Å²) in [6.07, 6.45) is 5.38. The Morgan fingerprint density at radius 2 is 1.86 bits per heavy atom. The van der Waals surface area contributed by atoms with Gasteiger partial charge >= 0.3 is 0 Å². The van der Waals surface area contributed by atoms with Crippen molar-refractivity contribution >= 4 is 17.7 Å². The summed E-state index contributed by atoms with van der Waals surface area (Å²) in [5.74, 6) is 1.85. The predicted molar refractivity (Wildman–Crippen MR) is 112 cm³/mol. The number of carbonyl (C=O) groups excluding carboxylic acids is 1. The van der Waals surface area contributed by atoms with Crippen LogP contribution in [0.5, 0.6) is 0 Å². The molecule has 0 radical (unpaired) electrons. The molecule has 0 aliphatic carbocycles.